The van der Waals surface area contributed by atoms with E-state index in [9.17, 15) is 14.4 Å². The number of anilines is 1. The molecular formula is C26H32ClN3O5. The van der Waals surface area contributed by atoms with Gasteiger partial charge in [-0.3, -0.25) is 14.4 Å². The molecule has 1 saturated carbocycles. The molecule has 2 saturated heterocycles. The van der Waals surface area contributed by atoms with Crippen LogP contribution in [0.25, 0.3) is 0 Å². The van der Waals surface area contributed by atoms with Crippen LogP contribution < -0.4 is 10.6 Å². The number of hydrogen-bond acceptors (Lipinski definition) is 5. The van der Waals surface area contributed by atoms with Gasteiger partial charge in [-0.2, -0.15) is 0 Å². The summed E-state index contributed by atoms with van der Waals surface area (Å²) < 4.78 is 11.5. The highest BCUT2D eigenvalue weighted by Crippen LogP contribution is 2.55. The lowest BCUT2D eigenvalue weighted by molar-refractivity contribution is -0.141. The molecule has 3 heterocycles. The number of hydrogen-bond donors (Lipinski definition) is 2. The number of likely N-dealkylation sites (tertiary alicyclic amines) is 1. The standard InChI is InChI=1S/C26H32ClN3O5/c1-34-15-5-14-30-22(24(32)29-17-6-3-2-4-7-17)26-13-12-19(35-26)20(21(26)25(30)33)23(31)28-18-10-8-16(27)9-11-18/h8-13,17,19-22H,2-7,14-15H2,1H3,(H,28,31)(H,29,32)/t19-,20-,21-,22-,26+/m1/s1. The summed E-state index contributed by atoms with van der Waals surface area (Å²) in [7, 11) is 1.61. The zero-order valence-electron chi connectivity index (χ0n) is 19.9. The van der Waals surface area contributed by atoms with Crippen LogP contribution in [0.5, 0.6) is 0 Å². The zero-order valence-corrected chi connectivity index (χ0v) is 20.6. The summed E-state index contributed by atoms with van der Waals surface area (Å²) in [6.07, 6.45) is 8.95. The Kier molecular flexibility index (Phi) is 6.88. The van der Waals surface area contributed by atoms with E-state index in [4.69, 9.17) is 21.1 Å². The molecule has 2 N–H and O–H groups in total. The molecule has 8 nitrogen and oxygen atoms in total. The maximum absolute atomic E-state index is 13.8. The molecule has 2 bridgehead atoms. The summed E-state index contributed by atoms with van der Waals surface area (Å²) >= 11 is 5.96. The highest BCUT2D eigenvalue weighted by atomic mass is 35.5. The van der Waals surface area contributed by atoms with Crippen LogP contribution in [-0.2, 0) is 23.9 Å². The third-order valence-corrected chi connectivity index (χ3v) is 7.99. The molecule has 0 aromatic heterocycles. The first-order valence-electron chi connectivity index (χ1n) is 12.5. The van der Waals surface area contributed by atoms with E-state index < -0.39 is 29.6 Å². The Bertz CT molecular complexity index is 1010. The number of carbonyl (C=O) groups is 3. The smallest absolute Gasteiger partial charge is 0.246 e. The fourth-order valence-electron chi connectivity index (χ4n) is 6.17. The predicted molar refractivity (Wildman–Crippen MR) is 131 cm³/mol. The van der Waals surface area contributed by atoms with Gasteiger partial charge in [0, 0.05) is 37.0 Å². The zero-order chi connectivity index (χ0) is 24.6. The van der Waals surface area contributed by atoms with Gasteiger partial charge in [-0.05, 0) is 43.5 Å². The lowest BCUT2D eigenvalue weighted by atomic mass is 9.74. The van der Waals surface area contributed by atoms with E-state index in [0.29, 0.717) is 30.3 Å². The van der Waals surface area contributed by atoms with Crippen LogP contribution in [0.2, 0.25) is 5.02 Å². The Morgan fingerprint density at radius 1 is 1.17 bits per heavy atom. The van der Waals surface area contributed by atoms with Crippen LogP contribution in [0.1, 0.15) is 38.5 Å². The van der Waals surface area contributed by atoms with Gasteiger partial charge in [0.2, 0.25) is 17.7 Å². The van der Waals surface area contributed by atoms with Crippen molar-refractivity contribution < 1.29 is 23.9 Å². The second kappa shape index (κ2) is 9.91. The minimum Gasteiger partial charge on any atom is -0.385 e. The van der Waals surface area contributed by atoms with Crippen LogP contribution in [0.4, 0.5) is 5.69 Å². The summed E-state index contributed by atoms with van der Waals surface area (Å²) in [6.45, 7) is 0.833. The van der Waals surface area contributed by atoms with Crippen LogP contribution in [0, 0.1) is 11.8 Å². The van der Waals surface area contributed by atoms with Crippen molar-refractivity contribution in [2.45, 2.75) is 62.3 Å². The first-order valence-corrected chi connectivity index (χ1v) is 12.9. The van der Waals surface area contributed by atoms with Gasteiger partial charge in [0.05, 0.1) is 17.9 Å². The fraction of sp³-hybridized carbons (Fsp3) is 0.577. The van der Waals surface area contributed by atoms with Gasteiger partial charge in [-0.1, -0.05) is 43.0 Å². The molecule has 188 valence electrons. The van der Waals surface area contributed by atoms with Crippen LogP contribution in [-0.4, -0.2) is 66.7 Å². The second-order valence-corrected chi connectivity index (χ2v) is 10.4. The first-order chi connectivity index (χ1) is 16.9. The lowest BCUT2D eigenvalue weighted by Gasteiger charge is -2.34. The number of fused-ring (bicyclic) bond motifs is 1. The summed E-state index contributed by atoms with van der Waals surface area (Å²) in [6, 6.07) is 6.11. The van der Waals surface area contributed by atoms with E-state index in [1.54, 1.807) is 36.3 Å². The van der Waals surface area contributed by atoms with E-state index in [1.807, 2.05) is 12.2 Å². The van der Waals surface area contributed by atoms with Crippen molar-refractivity contribution >= 4 is 35.0 Å². The Balaban J connectivity index is 1.41. The van der Waals surface area contributed by atoms with Gasteiger partial charge >= 0.3 is 0 Å². The number of nitrogens with one attached hydrogen (secondary N) is 2. The molecule has 1 aromatic rings. The lowest BCUT2D eigenvalue weighted by Crippen LogP contribution is -2.56. The van der Waals surface area contributed by atoms with Crippen molar-refractivity contribution in [1.29, 1.82) is 0 Å². The molecule has 3 amide bonds. The first kappa shape index (κ1) is 24.3. The second-order valence-electron chi connectivity index (χ2n) is 9.92. The summed E-state index contributed by atoms with van der Waals surface area (Å²) in [4.78, 5) is 42.4. The van der Waals surface area contributed by atoms with Crippen molar-refractivity contribution in [3.63, 3.8) is 0 Å². The van der Waals surface area contributed by atoms with E-state index >= 15 is 0 Å². The van der Waals surface area contributed by atoms with Gasteiger partial charge in [-0.25, -0.2) is 0 Å². The van der Waals surface area contributed by atoms with Crippen molar-refractivity contribution in [2.75, 3.05) is 25.6 Å². The number of rotatable bonds is 8. The Morgan fingerprint density at radius 2 is 1.91 bits per heavy atom. The Hall–Kier alpha value is -2.42. The number of methoxy groups -OCH3 is 1. The molecule has 4 aliphatic rings. The number of halogens is 1. The topological polar surface area (TPSA) is 97.0 Å². The average Bonchev–Trinajstić information content (AvgIpc) is 3.49. The molecule has 1 spiro atoms. The molecule has 35 heavy (non-hydrogen) atoms. The number of benzene rings is 1. The third-order valence-electron chi connectivity index (χ3n) is 7.74. The van der Waals surface area contributed by atoms with Gasteiger partial charge in [-0.15, -0.1) is 0 Å². The predicted octanol–water partition coefficient (Wildman–Crippen LogP) is 2.91. The number of ether oxygens (including phenoxy) is 2. The average molecular weight is 502 g/mol. The van der Waals surface area contributed by atoms with Crippen molar-refractivity contribution in [1.82, 2.24) is 10.2 Å². The van der Waals surface area contributed by atoms with Crippen molar-refractivity contribution in [2.24, 2.45) is 11.8 Å². The van der Waals surface area contributed by atoms with Crippen molar-refractivity contribution in [3.8, 4) is 0 Å². The van der Waals surface area contributed by atoms with Crippen LogP contribution in [0.3, 0.4) is 0 Å². The van der Waals surface area contributed by atoms with Gasteiger partial charge in [0.15, 0.2) is 0 Å². The third kappa shape index (κ3) is 4.36. The molecular weight excluding hydrogens is 470 g/mol. The van der Waals surface area contributed by atoms with E-state index in [1.165, 1.54) is 6.42 Å². The van der Waals surface area contributed by atoms with Crippen LogP contribution in [0.15, 0.2) is 36.4 Å². The van der Waals surface area contributed by atoms with Gasteiger partial charge in [0.25, 0.3) is 0 Å². The van der Waals surface area contributed by atoms with E-state index in [0.717, 1.165) is 25.7 Å². The van der Waals surface area contributed by atoms with Crippen LogP contribution >= 0.6 is 11.6 Å². The molecule has 0 unspecified atom stereocenters. The summed E-state index contributed by atoms with van der Waals surface area (Å²) in [5.74, 6) is -2.19. The molecule has 1 aromatic carbocycles. The summed E-state index contributed by atoms with van der Waals surface area (Å²) in [5, 5.41) is 6.66. The number of carbonyl (C=O) groups excluding carboxylic acids is 3. The van der Waals surface area contributed by atoms with Crippen molar-refractivity contribution in [3.05, 3.63) is 41.4 Å². The maximum atomic E-state index is 13.8. The Morgan fingerprint density at radius 3 is 2.63 bits per heavy atom. The Labute approximate surface area is 210 Å². The highest BCUT2D eigenvalue weighted by molar-refractivity contribution is 6.30. The SMILES string of the molecule is COCCCN1C(=O)[C@H]2[C@H](C(=O)Nc3ccc(Cl)cc3)[C@H]3C=C[C@@]2(O3)[C@H]1C(=O)NC1CCCCC1. The molecule has 3 aliphatic heterocycles. The van der Waals surface area contributed by atoms with Gasteiger partial charge in [0.1, 0.15) is 11.6 Å². The monoisotopic (exact) mass is 501 g/mol. The molecule has 0 radical (unpaired) electrons. The quantitative estimate of drug-likeness (QED) is 0.421. The molecule has 5 atom stereocenters. The molecule has 1 aliphatic carbocycles. The number of nitrogens with zero attached hydrogens (tertiary/aromatic N) is 1. The molecule has 9 heteroatoms. The van der Waals surface area contributed by atoms with Gasteiger partial charge < -0.3 is 25.0 Å². The highest BCUT2D eigenvalue weighted by Gasteiger charge is 2.72. The largest absolute Gasteiger partial charge is 0.385 e. The number of amides is 3. The normalized spacial score (nSPS) is 31.6. The molecule has 3 fully saturated rings. The maximum Gasteiger partial charge on any atom is 0.246 e. The van der Waals surface area contributed by atoms with E-state index in [-0.39, 0.29) is 23.8 Å². The minimum atomic E-state index is -1.14. The fourth-order valence-corrected chi connectivity index (χ4v) is 6.30. The van der Waals surface area contributed by atoms with E-state index in [2.05, 4.69) is 10.6 Å². The molecule has 5 rings (SSSR count). The summed E-state index contributed by atoms with van der Waals surface area (Å²) in [5.41, 5.74) is -0.551. The minimum absolute atomic E-state index is 0.106.